The van der Waals surface area contributed by atoms with E-state index in [1.807, 2.05) is 0 Å². The number of hydrogen-bond donors (Lipinski definition) is 2. The molecule has 7 heteroatoms. The highest BCUT2D eigenvalue weighted by molar-refractivity contribution is 5.78. The van der Waals surface area contributed by atoms with Crippen molar-refractivity contribution >= 4 is 5.91 Å². The van der Waals surface area contributed by atoms with Crippen molar-refractivity contribution in [3.8, 4) is 0 Å². The molecule has 3 nitrogen and oxygen atoms in total. The molecular weight excluding hydrogens is 242 g/mol. The van der Waals surface area contributed by atoms with Gasteiger partial charge in [0.2, 0.25) is 11.8 Å². The Hall–Kier alpha value is -0.850. The fraction of sp³-hybridized carbons (Fsp3) is 0.900. The minimum absolute atomic E-state index is 0.0452. The number of aliphatic hydroxyl groups is 1. The summed E-state index contributed by atoms with van der Waals surface area (Å²) < 4.78 is 49.4. The summed E-state index contributed by atoms with van der Waals surface area (Å²) in [5.74, 6) is -3.83. The van der Waals surface area contributed by atoms with Gasteiger partial charge in [0.1, 0.15) is 6.10 Å². The number of nitrogens with one attached hydrogen (secondary N) is 1. The first-order valence-electron chi connectivity index (χ1n) is 5.43. The molecule has 0 radical (unpaired) electrons. The fourth-order valence-corrected chi connectivity index (χ4v) is 1.74. The number of hydrogen-bond acceptors (Lipinski definition) is 2. The topological polar surface area (TPSA) is 49.3 Å². The van der Waals surface area contributed by atoms with E-state index >= 15 is 0 Å². The molecule has 1 unspecified atom stereocenters. The number of amides is 1. The fourth-order valence-electron chi connectivity index (χ4n) is 1.74. The Morgan fingerprint density at radius 1 is 1.35 bits per heavy atom. The maximum atomic E-state index is 12.8. The van der Waals surface area contributed by atoms with Gasteiger partial charge in [0.15, 0.2) is 0 Å². The lowest BCUT2D eigenvalue weighted by atomic mass is 9.86. The summed E-state index contributed by atoms with van der Waals surface area (Å²) in [5.41, 5.74) is 0. The first-order valence-corrected chi connectivity index (χ1v) is 5.43. The average Bonchev–Trinajstić information content (AvgIpc) is 2.25. The quantitative estimate of drug-likeness (QED) is 0.751. The van der Waals surface area contributed by atoms with Crippen LogP contribution < -0.4 is 5.32 Å². The van der Waals surface area contributed by atoms with E-state index in [1.165, 1.54) is 0 Å². The second kappa shape index (κ2) is 5.66. The summed E-state index contributed by atoms with van der Waals surface area (Å²) in [6.45, 7) is -0.552. The van der Waals surface area contributed by atoms with E-state index in [-0.39, 0.29) is 25.7 Å². The van der Waals surface area contributed by atoms with Gasteiger partial charge in [-0.25, -0.2) is 17.6 Å². The molecular formula is C10H15F4NO2. The van der Waals surface area contributed by atoms with Gasteiger partial charge in [-0.05, 0) is 12.8 Å². The molecule has 0 aromatic carbocycles. The molecule has 0 spiro atoms. The largest absolute Gasteiger partial charge is 0.385 e. The normalized spacial score (nSPS) is 22.5. The zero-order chi connectivity index (χ0) is 13.1. The van der Waals surface area contributed by atoms with Gasteiger partial charge in [-0.15, -0.1) is 0 Å². The summed E-state index contributed by atoms with van der Waals surface area (Å²) in [5, 5.41) is 10.9. The van der Waals surface area contributed by atoms with E-state index < -0.39 is 36.8 Å². The van der Waals surface area contributed by atoms with Crippen LogP contribution in [-0.4, -0.2) is 36.0 Å². The molecule has 0 heterocycles. The molecule has 1 saturated carbocycles. The molecule has 0 aromatic heterocycles. The van der Waals surface area contributed by atoms with Crippen molar-refractivity contribution in [3.05, 3.63) is 0 Å². The van der Waals surface area contributed by atoms with Crippen LogP contribution in [0.25, 0.3) is 0 Å². The Morgan fingerprint density at radius 3 is 2.35 bits per heavy atom. The number of rotatable bonds is 4. The minimum Gasteiger partial charge on any atom is -0.385 e. The van der Waals surface area contributed by atoms with E-state index in [0.717, 1.165) is 0 Å². The third-order valence-corrected chi connectivity index (χ3v) is 2.86. The lowest BCUT2D eigenvalue weighted by Gasteiger charge is -2.27. The summed E-state index contributed by atoms with van der Waals surface area (Å²) >= 11 is 0. The summed E-state index contributed by atoms with van der Waals surface area (Å²) in [6.07, 6.45) is -5.46. The van der Waals surface area contributed by atoms with Crippen molar-refractivity contribution in [1.29, 1.82) is 0 Å². The molecule has 1 aliphatic carbocycles. The zero-order valence-corrected chi connectivity index (χ0v) is 9.13. The molecule has 1 atom stereocenters. The van der Waals surface area contributed by atoms with Gasteiger partial charge in [-0.2, -0.15) is 0 Å². The lowest BCUT2D eigenvalue weighted by Crippen LogP contribution is -2.41. The molecule has 1 fully saturated rings. The van der Waals surface area contributed by atoms with Gasteiger partial charge < -0.3 is 10.4 Å². The summed E-state index contributed by atoms with van der Waals surface area (Å²) in [6, 6.07) is 0. The lowest BCUT2D eigenvalue weighted by molar-refractivity contribution is -0.130. The van der Waals surface area contributed by atoms with Gasteiger partial charge in [-0.3, -0.25) is 4.79 Å². The van der Waals surface area contributed by atoms with Crippen molar-refractivity contribution in [2.75, 3.05) is 6.54 Å². The van der Waals surface area contributed by atoms with Crippen molar-refractivity contribution in [2.24, 2.45) is 5.92 Å². The highest BCUT2D eigenvalue weighted by atomic mass is 19.3. The molecule has 1 aliphatic rings. The minimum atomic E-state index is -2.93. The van der Waals surface area contributed by atoms with Crippen molar-refractivity contribution < 1.29 is 27.5 Å². The maximum absolute atomic E-state index is 12.8. The Labute approximate surface area is 96.2 Å². The van der Waals surface area contributed by atoms with Crippen LogP contribution in [0.15, 0.2) is 0 Å². The smallest absolute Gasteiger partial charge is 0.265 e. The Bertz CT molecular complexity index is 263. The SMILES string of the molecule is O=C(NCC(O)C(F)F)C1CCC(F)(F)CC1. The van der Waals surface area contributed by atoms with E-state index in [2.05, 4.69) is 5.32 Å². The van der Waals surface area contributed by atoms with Crippen LogP contribution in [0.2, 0.25) is 0 Å². The molecule has 100 valence electrons. The molecule has 0 aliphatic heterocycles. The molecule has 1 rings (SSSR count). The monoisotopic (exact) mass is 257 g/mol. The van der Waals surface area contributed by atoms with Crippen molar-refractivity contribution in [2.45, 2.75) is 44.1 Å². The standard InChI is InChI=1S/C10H15F4NO2/c11-8(12)7(16)5-15-9(17)6-1-3-10(13,14)4-2-6/h6-8,16H,1-5H2,(H,15,17). The average molecular weight is 257 g/mol. The van der Waals surface area contributed by atoms with Crippen LogP contribution in [0.3, 0.4) is 0 Å². The van der Waals surface area contributed by atoms with Crippen LogP contribution in [-0.2, 0) is 4.79 Å². The number of halogens is 4. The van der Waals surface area contributed by atoms with Gasteiger partial charge in [0.25, 0.3) is 6.43 Å². The van der Waals surface area contributed by atoms with Gasteiger partial charge in [0.05, 0.1) is 0 Å². The molecule has 2 N–H and O–H groups in total. The van der Waals surface area contributed by atoms with E-state index in [4.69, 9.17) is 5.11 Å². The zero-order valence-electron chi connectivity index (χ0n) is 9.13. The summed E-state index contributed by atoms with van der Waals surface area (Å²) in [7, 11) is 0. The van der Waals surface area contributed by atoms with Crippen molar-refractivity contribution in [1.82, 2.24) is 5.32 Å². The Morgan fingerprint density at radius 2 is 1.88 bits per heavy atom. The molecule has 0 saturated heterocycles. The molecule has 1 amide bonds. The highest BCUT2D eigenvalue weighted by Gasteiger charge is 2.37. The third-order valence-electron chi connectivity index (χ3n) is 2.86. The predicted octanol–water partition coefficient (Wildman–Crippen LogP) is 1.55. The first-order chi connectivity index (χ1) is 7.82. The molecule has 17 heavy (non-hydrogen) atoms. The van der Waals surface area contributed by atoms with Crippen LogP contribution >= 0.6 is 0 Å². The maximum Gasteiger partial charge on any atom is 0.265 e. The van der Waals surface area contributed by atoms with Gasteiger partial charge >= 0.3 is 0 Å². The molecule has 0 bridgehead atoms. The van der Waals surface area contributed by atoms with Crippen LogP contribution in [0.5, 0.6) is 0 Å². The van der Waals surface area contributed by atoms with Gasteiger partial charge in [0, 0.05) is 25.3 Å². The second-order valence-electron chi connectivity index (χ2n) is 4.28. The number of carbonyl (C=O) groups excluding carboxylic acids is 1. The molecule has 0 aromatic rings. The highest BCUT2D eigenvalue weighted by Crippen LogP contribution is 2.36. The van der Waals surface area contributed by atoms with Crippen molar-refractivity contribution in [3.63, 3.8) is 0 Å². The Balaban J connectivity index is 2.30. The van der Waals surface area contributed by atoms with Gasteiger partial charge in [-0.1, -0.05) is 0 Å². The van der Waals surface area contributed by atoms with Crippen LogP contribution in [0.4, 0.5) is 17.6 Å². The summed E-state index contributed by atoms with van der Waals surface area (Å²) in [4.78, 5) is 11.4. The van der Waals surface area contributed by atoms with Crippen LogP contribution in [0, 0.1) is 5.92 Å². The third kappa shape index (κ3) is 4.49. The predicted molar refractivity (Wildman–Crippen MR) is 51.9 cm³/mol. The number of aliphatic hydroxyl groups excluding tert-OH is 1. The van der Waals surface area contributed by atoms with E-state index in [9.17, 15) is 22.4 Å². The van der Waals surface area contributed by atoms with E-state index in [1.54, 1.807) is 0 Å². The van der Waals surface area contributed by atoms with E-state index in [0.29, 0.717) is 0 Å². The van der Waals surface area contributed by atoms with Crippen LogP contribution in [0.1, 0.15) is 25.7 Å². The first kappa shape index (κ1) is 14.2. The number of alkyl halides is 4. The Kier molecular flexibility index (Phi) is 4.73. The second-order valence-corrected chi connectivity index (χ2v) is 4.28. The number of carbonyl (C=O) groups is 1.